The minimum atomic E-state index is -0.294. The predicted octanol–water partition coefficient (Wildman–Crippen LogP) is 1.52. The lowest BCUT2D eigenvalue weighted by Gasteiger charge is -2.11. The average molecular weight is 264 g/mol. The van der Waals surface area contributed by atoms with Crippen molar-refractivity contribution in [2.45, 2.75) is 33.6 Å². The van der Waals surface area contributed by atoms with Gasteiger partial charge in [-0.2, -0.15) is 0 Å². The van der Waals surface area contributed by atoms with E-state index >= 15 is 0 Å². The van der Waals surface area contributed by atoms with E-state index < -0.39 is 0 Å². The van der Waals surface area contributed by atoms with Gasteiger partial charge in [0.25, 0.3) is 5.91 Å². The first kappa shape index (κ1) is 13.3. The molecular formula is C12H16N4O3. The predicted molar refractivity (Wildman–Crippen MR) is 65.8 cm³/mol. The molecule has 7 nitrogen and oxygen atoms in total. The number of rotatable bonds is 4. The molecule has 1 unspecified atom stereocenters. The largest absolute Gasteiger partial charge is 0.361 e. The van der Waals surface area contributed by atoms with Crippen LogP contribution in [0.25, 0.3) is 0 Å². The molecule has 0 aliphatic heterocycles. The van der Waals surface area contributed by atoms with Crippen LogP contribution in [-0.2, 0) is 0 Å². The molecule has 0 spiro atoms. The van der Waals surface area contributed by atoms with E-state index in [0.717, 1.165) is 17.0 Å². The lowest BCUT2D eigenvalue weighted by atomic mass is 9.99. The number of hydrogen-bond acceptors (Lipinski definition) is 6. The highest BCUT2D eigenvalue weighted by Gasteiger charge is 2.19. The summed E-state index contributed by atoms with van der Waals surface area (Å²) in [6.07, 6.45) is 0. The summed E-state index contributed by atoms with van der Waals surface area (Å²) in [5.74, 6) is 0.589. The Kier molecular flexibility index (Phi) is 3.64. The first-order chi connectivity index (χ1) is 9.00. The second-order valence-electron chi connectivity index (χ2n) is 4.55. The van der Waals surface area contributed by atoms with Crippen LogP contribution in [0.3, 0.4) is 0 Å². The first-order valence-electron chi connectivity index (χ1n) is 6.00. The Morgan fingerprint density at radius 1 is 1.21 bits per heavy atom. The zero-order valence-corrected chi connectivity index (χ0v) is 11.4. The molecule has 0 fully saturated rings. The normalized spacial score (nSPS) is 12.4. The van der Waals surface area contributed by atoms with Crippen molar-refractivity contribution in [3.8, 4) is 0 Å². The van der Waals surface area contributed by atoms with E-state index in [2.05, 4.69) is 25.4 Å². The fourth-order valence-electron chi connectivity index (χ4n) is 2.06. The summed E-state index contributed by atoms with van der Waals surface area (Å²) in [6.45, 7) is 7.88. The number of carbonyl (C=O) groups is 1. The fraction of sp³-hybridized carbons (Fsp3) is 0.500. The molecule has 0 aromatic carbocycles. The van der Waals surface area contributed by atoms with Crippen LogP contribution in [0.5, 0.6) is 0 Å². The first-order valence-corrected chi connectivity index (χ1v) is 6.00. The molecule has 2 heterocycles. The lowest BCUT2D eigenvalue weighted by molar-refractivity contribution is 0.0941. The highest BCUT2D eigenvalue weighted by atomic mass is 16.6. The number of hydrogen-bond donors (Lipinski definition) is 1. The summed E-state index contributed by atoms with van der Waals surface area (Å²) in [5.41, 5.74) is 2.56. The van der Waals surface area contributed by atoms with Gasteiger partial charge in [-0.3, -0.25) is 4.79 Å². The molecule has 0 bridgehead atoms. The fourth-order valence-corrected chi connectivity index (χ4v) is 2.06. The van der Waals surface area contributed by atoms with Gasteiger partial charge in [0.1, 0.15) is 11.5 Å². The van der Waals surface area contributed by atoms with Gasteiger partial charge in [-0.1, -0.05) is 17.2 Å². The van der Waals surface area contributed by atoms with Crippen molar-refractivity contribution in [2.24, 2.45) is 0 Å². The summed E-state index contributed by atoms with van der Waals surface area (Å²) in [6, 6.07) is 0. The zero-order chi connectivity index (χ0) is 14.0. The molecule has 7 heteroatoms. The summed E-state index contributed by atoms with van der Waals surface area (Å²) >= 11 is 0. The highest BCUT2D eigenvalue weighted by molar-refractivity contribution is 5.92. The van der Waals surface area contributed by atoms with Gasteiger partial charge in [-0.05, 0) is 25.9 Å². The third-order valence-electron chi connectivity index (χ3n) is 3.02. The number of nitrogens with one attached hydrogen (secondary N) is 1. The van der Waals surface area contributed by atoms with Crippen LogP contribution in [-0.4, -0.2) is 27.9 Å². The van der Waals surface area contributed by atoms with E-state index in [4.69, 9.17) is 4.52 Å². The van der Waals surface area contributed by atoms with E-state index in [-0.39, 0.29) is 17.5 Å². The molecule has 19 heavy (non-hydrogen) atoms. The SMILES string of the molecule is Cc1nonc1C(=O)NCC(C)c1c(C)noc1C. The van der Waals surface area contributed by atoms with Crippen molar-refractivity contribution in [3.63, 3.8) is 0 Å². The second kappa shape index (κ2) is 5.21. The Morgan fingerprint density at radius 3 is 2.47 bits per heavy atom. The molecule has 0 saturated heterocycles. The quantitative estimate of drug-likeness (QED) is 0.899. The molecule has 0 radical (unpaired) electrons. The maximum Gasteiger partial charge on any atom is 0.275 e. The summed E-state index contributed by atoms with van der Waals surface area (Å²) < 4.78 is 9.61. The Bertz CT molecular complexity index is 568. The van der Waals surface area contributed by atoms with E-state index in [0.29, 0.717) is 12.2 Å². The topological polar surface area (TPSA) is 94.0 Å². The van der Waals surface area contributed by atoms with E-state index in [1.165, 1.54) is 0 Å². The molecule has 2 aromatic rings. The van der Waals surface area contributed by atoms with Crippen LogP contribution in [0.15, 0.2) is 9.15 Å². The lowest BCUT2D eigenvalue weighted by Crippen LogP contribution is -2.28. The van der Waals surface area contributed by atoms with E-state index in [1.54, 1.807) is 6.92 Å². The molecule has 102 valence electrons. The van der Waals surface area contributed by atoms with Crippen LogP contribution in [0, 0.1) is 20.8 Å². The minimum absolute atomic E-state index is 0.107. The van der Waals surface area contributed by atoms with Crippen LogP contribution >= 0.6 is 0 Å². The van der Waals surface area contributed by atoms with Gasteiger partial charge in [-0.15, -0.1) is 0 Å². The maximum absolute atomic E-state index is 11.9. The van der Waals surface area contributed by atoms with Gasteiger partial charge < -0.3 is 9.84 Å². The maximum atomic E-state index is 11.9. The Hall–Kier alpha value is -2.18. The smallest absolute Gasteiger partial charge is 0.275 e. The van der Waals surface area contributed by atoms with Crippen molar-refractivity contribution in [2.75, 3.05) is 6.54 Å². The molecule has 0 aliphatic rings. The van der Waals surface area contributed by atoms with Gasteiger partial charge in [0.05, 0.1) is 5.69 Å². The Labute approximate surface area is 110 Å². The zero-order valence-electron chi connectivity index (χ0n) is 11.4. The third-order valence-corrected chi connectivity index (χ3v) is 3.02. The van der Waals surface area contributed by atoms with Crippen molar-refractivity contribution in [3.05, 3.63) is 28.4 Å². The van der Waals surface area contributed by atoms with Crippen LogP contribution in [0.4, 0.5) is 0 Å². The van der Waals surface area contributed by atoms with Gasteiger partial charge in [-0.25, -0.2) is 4.63 Å². The number of aryl methyl sites for hydroxylation is 3. The number of amides is 1. The number of carbonyl (C=O) groups excluding carboxylic acids is 1. The van der Waals surface area contributed by atoms with Gasteiger partial charge in [0.2, 0.25) is 0 Å². The molecule has 1 atom stereocenters. The molecular weight excluding hydrogens is 248 g/mol. The number of nitrogens with zero attached hydrogens (tertiary/aromatic N) is 3. The molecule has 2 rings (SSSR count). The van der Waals surface area contributed by atoms with E-state index in [9.17, 15) is 4.79 Å². The third kappa shape index (κ3) is 2.64. The highest BCUT2D eigenvalue weighted by Crippen LogP contribution is 2.22. The van der Waals surface area contributed by atoms with Gasteiger partial charge in [0.15, 0.2) is 5.69 Å². The van der Waals surface area contributed by atoms with E-state index in [1.807, 2.05) is 20.8 Å². The second-order valence-corrected chi connectivity index (χ2v) is 4.55. The average Bonchev–Trinajstić information content (AvgIpc) is 2.93. The van der Waals surface area contributed by atoms with Crippen LogP contribution in [0.1, 0.15) is 46.0 Å². The van der Waals surface area contributed by atoms with Gasteiger partial charge in [0, 0.05) is 18.0 Å². The standard InChI is InChI=1S/C12H16N4O3/c1-6(10-7(2)14-18-9(10)4)5-13-12(17)11-8(3)15-19-16-11/h6H,5H2,1-4H3,(H,13,17). The Morgan fingerprint density at radius 2 is 1.95 bits per heavy atom. The molecule has 0 saturated carbocycles. The van der Waals surface area contributed by atoms with Crippen LogP contribution < -0.4 is 5.32 Å². The molecule has 0 aliphatic carbocycles. The van der Waals surface area contributed by atoms with Crippen molar-refractivity contribution in [1.82, 2.24) is 20.8 Å². The molecule has 1 amide bonds. The minimum Gasteiger partial charge on any atom is -0.361 e. The summed E-state index contributed by atoms with van der Waals surface area (Å²) in [5, 5.41) is 13.8. The Balaban J connectivity index is 2.00. The molecule has 2 aromatic heterocycles. The van der Waals surface area contributed by atoms with Crippen molar-refractivity contribution >= 4 is 5.91 Å². The number of aromatic nitrogens is 3. The van der Waals surface area contributed by atoms with Crippen molar-refractivity contribution < 1.29 is 13.9 Å². The summed E-state index contributed by atoms with van der Waals surface area (Å²) in [7, 11) is 0. The summed E-state index contributed by atoms with van der Waals surface area (Å²) in [4.78, 5) is 11.9. The molecule has 1 N–H and O–H groups in total. The van der Waals surface area contributed by atoms with Crippen molar-refractivity contribution in [1.29, 1.82) is 0 Å². The van der Waals surface area contributed by atoms with Gasteiger partial charge >= 0.3 is 0 Å². The van der Waals surface area contributed by atoms with Crippen LogP contribution in [0.2, 0.25) is 0 Å². The monoisotopic (exact) mass is 264 g/mol.